The van der Waals surface area contributed by atoms with Gasteiger partial charge in [-0.2, -0.15) is 0 Å². The fourth-order valence-corrected chi connectivity index (χ4v) is 4.33. The second-order valence-electron chi connectivity index (χ2n) is 7.10. The van der Waals surface area contributed by atoms with Gasteiger partial charge in [0.15, 0.2) is 0 Å². The Morgan fingerprint density at radius 1 is 1.14 bits per heavy atom. The average molecular weight is 439 g/mol. The summed E-state index contributed by atoms with van der Waals surface area (Å²) in [6.07, 6.45) is 0.802. The Morgan fingerprint density at radius 2 is 1.86 bits per heavy atom. The van der Waals surface area contributed by atoms with Crippen LogP contribution < -0.4 is 10.0 Å². The van der Waals surface area contributed by atoms with Crippen molar-refractivity contribution in [1.29, 1.82) is 0 Å². The molecule has 29 heavy (non-hydrogen) atoms. The molecule has 0 aliphatic rings. The predicted octanol–water partition coefficient (Wildman–Crippen LogP) is 4.30. The lowest BCUT2D eigenvalue weighted by Crippen LogP contribution is -2.26. The number of rotatable bonds is 9. The van der Waals surface area contributed by atoms with Gasteiger partial charge in [-0.25, -0.2) is 8.42 Å². The maximum atomic E-state index is 12.9. The van der Waals surface area contributed by atoms with Gasteiger partial charge in [-0.05, 0) is 63.9 Å². The highest BCUT2D eigenvalue weighted by Crippen LogP contribution is 2.26. The monoisotopic (exact) mass is 438 g/mol. The number of carbonyl (C=O) groups excluding carboxylic acids is 1. The molecular weight excluding hydrogens is 412 g/mol. The maximum Gasteiger partial charge on any atom is 0.263 e. The third kappa shape index (κ3) is 6.73. The third-order valence-electron chi connectivity index (χ3n) is 4.17. The van der Waals surface area contributed by atoms with E-state index in [0.29, 0.717) is 25.3 Å². The zero-order valence-corrected chi connectivity index (χ0v) is 18.7. The standard InChI is InChI=1S/C21H27ClN2O4S/c1-14(2)28-11-5-10-23-21(25)17-7-8-18(22)20(13-17)29(26,27)24-19-9-6-15(3)12-16(19)4/h6-9,12-14,24H,5,10-11H2,1-4H3,(H,23,25). The Morgan fingerprint density at radius 3 is 2.52 bits per heavy atom. The first-order valence-corrected chi connectivity index (χ1v) is 11.3. The summed E-state index contributed by atoms with van der Waals surface area (Å²) in [5, 5.41) is 2.80. The van der Waals surface area contributed by atoms with Crippen LogP contribution in [0.2, 0.25) is 5.02 Å². The van der Waals surface area contributed by atoms with E-state index in [4.69, 9.17) is 16.3 Å². The Kier molecular flexibility index (Phi) is 8.07. The van der Waals surface area contributed by atoms with Gasteiger partial charge in [0, 0.05) is 18.7 Å². The maximum absolute atomic E-state index is 12.9. The van der Waals surface area contributed by atoms with E-state index < -0.39 is 10.0 Å². The van der Waals surface area contributed by atoms with Crippen LogP contribution in [0.25, 0.3) is 0 Å². The van der Waals surface area contributed by atoms with E-state index in [1.54, 1.807) is 6.07 Å². The minimum absolute atomic E-state index is 0.0455. The van der Waals surface area contributed by atoms with E-state index in [1.807, 2.05) is 39.8 Å². The Labute approximate surface area is 177 Å². The number of carbonyl (C=O) groups is 1. The number of amides is 1. The minimum Gasteiger partial charge on any atom is -0.379 e. The molecule has 0 aliphatic carbocycles. The molecule has 0 fully saturated rings. The lowest BCUT2D eigenvalue weighted by Gasteiger charge is -2.13. The van der Waals surface area contributed by atoms with Crippen LogP contribution in [0, 0.1) is 13.8 Å². The summed E-state index contributed by atoms with van der Waals surface area (Å²) in [6.45, 7) is 8.61. The van der Waals surface area contributed by atoms with Gasteiger partial charge < -0.3 is 10.1 Å². The van der Waals surface area contributed by atoms with Crippen molar-refractivity contribution in [3.05, 3.63) is 58.1 Å². The first-order chi connectivity index (χ1) is 13.6. The molecule has 0 atom stereocenters. The average Bonchev–Trinajstić information content (AvgIpc) is 2.63. The molecule has 1 amide bonds. The molecule has 0 unspecified atom stereocenters. The summed E-state index contributed by atoms with van der Waals surface area (Å²) in [4.78, 5) is 12.2. The number of hydrogen-bond acceptors (Lipinski definition) is 4. The van der Waals surface area contributed by atoms with Gasteiger partial charge in [0.05, 0.1) is 16.8 Å². The van der Waals surface area contributed by atoms with Crippen molar-refractivity contribution in [2.24, 2.45) is 0 Å². The van der Waals surface area contributed by atoms with Crippen LogP contribution in [-0.2, 0) is 14.8 Å². The molecule has 0 saturated carbocycles. The SMILES string of the molecule is Cc1ccc(NS(=O)(=O)c2cc(C(=O)NCCCOC(C)C)ccc2Cl)c(C)c1. The normalized spacial score (nSPS) is 11.5. The fraction of sp³-hybridized carbons (Fsp3) is 0.381. The minimum atomic E-state index is -3.96. The molecule has 8 heteroatoms. The van der Waals surface area contributed by atoms with Crippen molar-refractivity contribution >= 4 is 33.2 Å². The molecule has 158 valence electrons. The molecule has 0 aliphatic heterocycles. The van der Waals surface area contributed by atoms with E-state index in [2.05, 4.69) is 10.0 Å². The number of hydrogen-bond donors (Lipinski definition) is 2. The van der Waals surface area contributed by atoms with E-state index in [1.165, 1.54) is 18.2 Å². The van der Waals surface area contributed by atoms with Crippen LogP contribution >= 0.6 is 11.6 Å². The Hall–Kier alpha value is -2.09. The summed E-state index contributed by atoms with van der Waals surface area (Å²) in [5.41, 5.74) is 2.51. The number of ether oxygens (including phenoxy) is 1. The van der Waals surface area contributed by atoms with Gasteiger partial charge in [-0.1, -0.05) is 29.3 Å². The molecular formula is C21H27ClN2O4S. The number of nitrogens with one attached hydrogen (secondary N) is 2. The number of benzene rings is 2. The summed E-state index contributed by atoms with van der Waals surface area (Å²) >= 11 is 6.12. The van der Waals surface area contributed by atoms with Crippen LogP contribution in [0.5, 0.6) is 0 Å². The highest BCUT2D eigenvalue weighted by atomic mass is 35.5. The molecule has 0 bridgehead atoms. The first-order valence-electron chi connectivity index (χ1n) is 9.39. The highest BCUT2D eigenvalue weighted by molar-refractivity contribution is 7.92. The number of aryl methyl sites for hydroxylation is 2. The largest absolute Gasteiger partial charge is 0.379 e. The molecule has 2 aromatic carbocycles. The van der Waals surface area contributed by atoms with Crippen molar-refractivity contribution in [2.45, 2.75) is 45.1 Å². The van der Waals surface area contributed by atoms with Gasteiger partial charge >= 0.3 is 0 Å². The van der Waals surface area contributed by atoms with Crippen LogP contribution in [0.4, 0.5) is 5.69 Å². The van der Waals surface area contributed by atoms with Gasteiger partial charge in [0.1, 0.15) is 4.90 Å². The summed E-state index contributed by atoms with van der Waals surface area (Å²) in [6, 6.07) is 9.60. The molecule has 2 rings (SSSR count). The topological polar surface area (TPSA) is 84.5 Å². The number of anilines is 1. The summed E-state index contributed by atoms with van der Waals surface area (Å²) in [5.74, 6) is -0.366. The highest BCUT2D eigenvalue weighted by Gasteiger charge is 2.21. The van der Waals surface area contributed by atoms with Crippen molar-refractivity contribution in [1.82, 2.24) is 5.32 Å². The lowest BCUT2D eigenvalue weighted by atomic mass is 10.1. The van der Waals surface area contributed by atoms with Gasteiger partial charge in [0.25, 0.3) is 15.9 Å². The van der Waals surface area contributed by atoms with Crippen LogP contribution in [0.15, 0.2) is 41.3 Å². The summed E-state index contributed by atoms with van der Waals surface area (Å²) in [7, 11) is -3.96. The van der Waals surface area contributed by atoms with Crippen LogP contribution in [0.1, 0.15) is 41.8 Å². The zero-order valence-electron chi connectivity index (χ0n) is 17.1. The van der Waals surface area contributed by atoms with Crippen molar-refractivity contribution < 1.29 is 17.9 Å². The summed E-state index contributed by atoms with van der Waals surface area (Å²) < 4.78 is 33.7. The van der Waals surface area contributed by atoms with Crippen molar-refractivity contribution in [3.8, 4) is 0 Å². The zero-order chi connectivity index (χ0) is 21.6. The molecule has 6 nitrogen and oxygen atoms in total. The Balaban J connectivity index is 2.13. The number of halogens is 1. The molecule has 0 aromatic heterocycles. The lowest BCUT2D eigenvalue weighted by molar-refractivity contribution is 0.0757. The van der Waals surface area contributed by atoms with Crippen molar-refractivity contribution in [2.75, 3.05) is 17.9 Å². The van der Waals surface area contributed by atoms with E-state index in [9.17, 15) is 13.2 Å². The van der Waals surface area contributed by atoms with E-state index >= 15 is 0 Å². The molecule has 2 N–H and O–H groups in total. The molecule has 0 heterocycles. The molecule has 2 aromatic rings. The molecule has 0 spiro atoms. The van der Waals surface area contributed by atoms with Gasteiger partial charge in [0.2, 0.25) is 0 Å². The predicted molar refractivity (Wildman–Crippen MR) is 116 cm³/mol. The fourth-order valence-electron chi connectivity index (χ4n) is 2.67. The van der Waals surface area contributed by atoms with Crippen LogP contribution in [-0.4, -0.2) is 33.6 Å². The number of sulfonamides is 1. The second-order valence-corrected chi connectivity index (χ2v) is 9.16. The quantitative estimate of drug-likeness (QED) is 0.571. The Bertz CT molecular complexity index is 975. The van der Waals surface area contributed by atoms with Crippen molar-refractivity contribution in [3.63, 3.8) is 0 Å². The van der Waals surface area contributed by atoms with Crippen LogP contribution in [0.3, 0.4) is 0 Å². The van der Waals surface area contributed by atoms with E-state index in [0.717, 1.165) is 11.1 Å². The molecule has 0 saturated heterocycles. The first kappa shape index (κ1) is 23.2. The smallest absolute Gasteiger partial charge is 0.263 e. The molecule has 0 radical (unpaired) electrons. The third-order valence-corrected chi connectivity index (χ3v) is 6.01. The van der Waals surface area contributed by atoms with E-state index in [-0.39, 0.29) is 27.5 Å². The van der Waals surface area contributed by atoms with Gasteiger partial charge in [-0.3, -0.25) is 9.52 Å². The van der Waals surface area contributed by atoms with Gasteiger partial charge in [-0.15, -0.1) is 0 Å². The second kappa shape index (κ2) is 10.1.